The van der Waals surface area contributed by atoms with Gasteiger partial charge in [-0.05, 0) is 43.2 Å². The Bertz CT molecular complexity index is 1090. The molecule has 1 aliphatic heterocycles. The van der Waals surface area contributed by atoms with Gasteiger partial charge in [-0.1, -0.05) is 6.07 Å². The van der Waals surface area contributed by atoms with Gasteiger partial charge in [0.05, 0.1) is 16.9 Å². The predicted octanol–water partition coefficient (Wildman–Crippen LogP) is 3.95. The quantitative estimate of drug-likeness (QED) is 0.354. The van der Waals surface area contributed by atoms with Crippen molar-refractivity contribution in [2.24, 2.45) is 0 Å². The topological polar surface area (TPSA) is 90.0 Å². The smallest absolute Gasteiger partial charge is 0.342 e. The van der Waals surface area contributed by atoms with E-state index in [0.29, 0.717) is 6.07 Å². The van der Waals surface area contributed by atoms with Crippen LogP contribution in [0.5, 0.6) is 0 Å². The number of hydrogen-bond acceptors (Lipinski definition) is 3. The van der Waals surface area contributed by atoms with Crippen molar-refractivity contribution in [3.63, 3.8) is 0 Å². The van der Waals surface area contributed by atoms with Gasteiger partial charge in [-0.25, -0.2) is 13.0 Å². The number of piperidine rings is 1. The molecule has 0 saturated carbocycles. The number of likely N-dealkylation sites (tertiary alicyclic amines) is 1. The summed E-state index contributed by atoms with van der Waals surface area (Å²) in [4.78, 5) is 25.8. The molecule has 0 aliphatic carbocycles. The monoisotopic (exact) mass is 505 g/mol. The lowest BCUT2D eigenvalue weighted by Crippen LogP contribution is -2.48. The number of halogens is 5. The summed E-state index contributed by atoms with van der Waals surface area (Å²) in [5.41, 5.74) is -1.32. The summed E-state index contributed by atoms with van der Waals surface area (Å²) in [6.45, 7) is 0.183. The van der Waals surface area contributed by atoms with Crippen LogP contribution in [0.15, 0.2) is 42.5 Å². The first-order valence-electron chi connectivity index (χ1n) is 10.1. The Morgan fingerprint density at radius 1 is 1.12 bits per heavy atom. The highest BCUT2D eigenvalue weighted by Gasteiger charge is 2.34. The summed E-state index contributed by atoms with van der Waals surface area (Å²) in [7, 11) is 0. The zero-order valence-electron chi connectivity index (χ0n) is 17.5. The van der Waals surface area contributed by atoms with E-state index in [9.17, 15) is 40.3 Å². The van der Waals surface area contributed by atoms with Crippen molar-refractivity contribution in [3.05, 3.63) is 59.7 Å². The summed E-state index contributed by atoms with van der Waals surface area (Å²) < 4.78 is 88.3. The molecule has 2 aromatic carbocycles. The maximum atomic E-state index is 13.7. The first-order chi connectivity index (χ1) is 16.0. The van der Waals surface area contributed by atoms with Crippen LogP contribution in [0, 0.1) is 11.6 Å². The summed E-state index contributed by atoms with van der Waals surface area (Å²) in [5.74, 6) is -3.19. The lowest BCUT2D eigenvalue weighted by atomic mass is 10.0. The molecule has 2 aromatic rings. The largest absolute Gasteiger partial charge is 0.416 e. The van der Waals surface area contributed by atoms with Crippen LogP contribution in [-0.4, -0.2) is 44.6 Å². The van der Waals surface area contributed by atoms with Crippen LogP contribution in [0.2, 0.25) is 0 Å². The van der Waals surface area contributed by atoms with E-state index in [1.165, 1.54) is 11.0 Å². The number of hydrogen-bond donors (Lipinski definition) is 2. The normalized spacial score (nSPS) is 15.6. The zero-order chi connectivity index (χ0) is 25.0. The van der Waals surface area contributed by atoms with Gasteiger partial charge < -0.3 is 10.2 Å². The molecule has 1 saturated heterocycles. The fraction of sp³-hybridized carbons (Fsp3) is 0.333. The zero-order valence-corrected chi connectivity index (χ0v) is 18.3. The maximum absolute atomic E-state index is 13.7. The molecule has 3 rings (SSSR count). The molecule has 0 radical (unpaired) electrons. The van der Waals surface area contributed by atoms with Gasteiger partial charge in [0.25, 0.3) is 11.3 Å². The number of nitrogens with zero attached hydrogens (tertiary/aromatic N) is 2. The third kappa shape index (κ3) is 6.29. The Kier molecular flexibility index (Phi) is 7.87. The van der Waals surface area contributed by atoms with Crippen LogP contribution >= 0.6 is 0 Å². The molecule has 1 fully saturated rings. The van der Waals surface area contributed by atoms with Crippen LogP contribution in [0.1, 0.15) is 24.8 Å². The number of nitrogens with one attached hydrogen (secondary N) is 1. The van der Waals surface area contributed by atoms with Crippen molar-refractivity contribution in [2.75, 3.05) is 22.7 Å². The molecule has 184 valence electrons. The second-order valence-electron chi connectivity index (χ2n) is 7.57. The van der Waals surface area contributed by atoms with E-state index >= 15 is 0 Å². The van der Waals surface area contributed by atoms with E-state index in [4.69, 9.17) is 0 Å². The number of amides is 2. The lowest BCUT2D eigenvalue weighted by molar-refractivity contribution is -0.138. The molecular weight excluding hydrogens is 485 g/mol. The molecule has 0 bridgehead atoms. The molecule has 0 aromatic heterocycles. The molecule has 13 heteroatoms. The fourth-order valence-electron chi connectivity index (χ4n) is 3.63. The molecule has 1 atom stereocenters. The third-order valence-electron chi connectivity index (χ3n) is 5.26. The number of alkyl halides is 3. The van der Waals surface area contributed by atoms with Gasteiger partial charge in [-0.2, -0.15) is 13.2 Å². The predicted molar refractivity (Wildman–Crippen MR) is 114 cm³/mol. The Balaban J connectivity index is 1.60. The van der Waals surface area contributed by atoms with Gasteiger partial charge in [-0.3, -0.25) is 18.4 Å². The van der Waals surface area contributed by atoms with E-state index in [2.05, 4.69) is 5.32 Å². The Morgan fingerprint density at radius 3 is 2.38 bits per heavy atom. The Morgan fingerprint density at radius 2 is 1.79 bits per heavy atom. The van der Waals surface area contributed by atoms with Crippen LogP contribution in [0.3, 0.4) is 0 Å². The second-order valence-corrected chi connectivity index (χ2v) is 8.42. The van der Waals surface area contributed by atoms with Crippen molar-refractivity contribution in [2.45, 2.75) is 31.5 Å². The van der Waals surface area contributed by atoms with Crippen LogP contribution in [-0.2, 0) is 27.0 Å². The standard InChI is InChI=1S/C21H20F5N3O4S/c22-14-4-5-18(17(23)11-14)27-19(30)12-20(31)28-8-6-15(7-9-28)29(34(32)33)16-3-1-2-13(10-16)21(24,25)26/h1-5,10-11,15H,6-9,12H2,(H,27,30)(H,32,33). The highest BCUT2D eigenvalue weighted by molar-refractivity contribution is 7.80. The minimum atomic E-state index is -4.62. The number of benzene rings is 2. The molecule has 1 heterocycles. The SMILES string of the molecule is O=C(CC(=O)N1CCC(N(c2cccc(C(F)(F)F)c2)S(=O)O)CC1)Nc1ccc(F)cc1F. The van der Waals surface area contributed by atoms with E-state index in [0.717, 1.165) is 34.6 Å². The number of anilines is 2. The van der Waals surface area contributed by atoms with E-state index in [-0.39, 0.29) is 37.3 Å². The number of carbonyl (C=O) groups is 2. The average Bonchev–Trinajstić information content (AvgIpc) is 2.75. The van der Waals surface area contributed by atoms with Crippen molar-refractivity contribution in [3.8, 4) is 0 Å². The van der Waals surface area contributed by atoms with E-state index in [1.807, 2.05) is 0 Å². The van der Waals surface area contributed by atoms with E-state index < -0.39 is 58.9 Å². The van der Waals surface area contributed by atoms with Crippen molar-refractivity contribution < 1.29 is 40.3 Å². The lowest BCUT2D eigenvalue weighted by Gasteiger charge is -2.37. The minimum absolute atomic E-state index is 0.0823. The van der Waals surface area contributed by atoms with Gasteiger partial charge in [0.2, 0.25) is 11.8 Å². The van der Waals surface area contributed by atoms with Crippen molar-refractivity contribution >= 4 is 34.5 Å². The molecule has 0 spiro atoms. The second kappa shape index (κ2) is 10.5. The fourth-order valence-corrected chi connectivity index (χ4v) is 4.39. The van der Waals surface area contributed by atoms with Crippen LogP contribution in [0.4, 0.5) is 33.3 Å². The van der Waals surface area contributed by atoms with Gasteiger partial charge in [0.1, 0.15) is 18.1 Å². The molecule has 7 nitrogen and oxygen atoms in total. The molecular formula is C21H20F5N3O4S. The Labute approximate surface area is 194 Å². The molecule has 2 N–H and O–H groups in total. The number of carbonyl (C=O) groups excluding carboxylic acids is 2. The number of rotatable bonds is 6. The van der Waals surface area contributed by atoms with Gasteiger partial charge in [0.15, 0.2) is 0 Å². The first kappa shape index (κ1) is 25.6. The molecule has 1 aliphatic rings. The van der Waals surface area contributed by atoms with Gasteiger partial charge in [0, 0.05) is 25.2 Å². The minimum Gasteiger partial charge on any atom is -0.342 e. The van der Waals surface area contributed by atoms with Crippen LogP contribution < -0.4 is 9.62 Å². The maximum Gasteiger partial charge on any atom is 0.416 e. The average molecular weight is 505 g/mol. The summed E-state index contributed by atoms with van der Waals surface area (Å²) in [6, 6.07) is 6.00. The van der Waals surface area contributed by atoms with Gasteiger partial charge >= 0.3 is 6.18 Å². The Hall–Kier alpha value is -3.06. The molecule has 34 heavy (non-hydrogen) atoms. The summed E-state index contributed by atoms with van der Waals surface area (Å²) in [6.07, 6.45) is -4.89. The first-order valence-corrected chi connectivity index (χ1v) is 11.1. The van der Waals surface area contributed by atoms with Crippen molar-refractivity contribution in [1.29, 1.82) is 0 Å². The highest BCUT2D eigenvalue weighted by Crippen LogP contribution is 2.33. The van der Waals surface area contributed by atoms with Crippen molar-refractivity contribution in [1.82, 2.24) is 4.90 Å². The summed E-state index contributed by atoms with van der Waals surface area (Å²) in [5, 5.41) is 2.19. The molecule has 2 amide bonds. The van der Waals surface area contributed by atoms with E-state index in [1.54, 1.807) is 0 Å². The van der Waals surface area contributed by atoms with Gasteiger partial charge in [-0.15, -0.1) is 0 Å². The molecule has 1 unspecified atom stereocenters. The summed E-state index contributed by atoms with van der Waals surface area (Å²) >= 11 is -2.61. The third-order valence-corrected chi connectivity index (χ3v) is 6.11. The highest BCUT2D eigenvalue weighted by atomic mass is 32.2. The van der Waals surface area contributed by atoms with Crippen LogP contribution in [0.25, 0.3) is 0 Å².